The van der Waals surface area contributed by atoms with Gasteiger partial charge < -0.3 is 10.4 Å². The molecule has 0 bridgehead atoms. The minimum atomic E-state index is -0.815. The Bertz CT molecular complexity index is 476. The summed E-state index contributed by atoms with van der Waals surface area (Å²) in [6.07, 6.45) is 2.40. The zero-order chi connectivity index (χ0) is 15.7. The van der Waals surface area contributed by atoms with E-state index in [0.29, 0.717) is 32.2 Å². The molecule has 21 heavy (non-hydrogen) atoms. The fraction of sp³-hybridized carbons (Fsp3) is 0.500. The summed E-state index contributed by atoms with van der Waals surface area (Å²) in [6.45, 7) is 2.45. The zero-order valence-corrected chi connectivity index (χ0v) is 12.3. The third-order valence-corrected chi connectivity index (χ3v) is 3.15. The predicted molar refractivity (Wildman–Crippen MR) is 78.4 cm³/mol. The lowest BCUT2D eigenvalue weighted by molar-refractivity contribution is -0.137. The fourth-order valence-corrected chi connectivity index (χ4v) is 2.16. The fourth-order valence-electron chi connectivity index (χ4n) is 2.16. The lowest BCUT2D eigenvalue weighted by Gasteiger charge is -2.11. The number of carboxylic acid groups (broad SMARTS) is 1. The first kappa shape index (κ1) is 17.1. The van der Waals surface area contributed by atoms with Crippen molar-refractivity contribution in [1.82, 2.24) is 5.32 Å². The van der Waals surface area contributed by atoms with Crippen molar-refractivity contribution < 1.29 is 19.1 Å². The standard InChI is InChI=1S/C16H22FNO3/c1-12(9-13-5-4-6-14(17)11-13)10-15(19)18-8-3-2-7-16(20)21/h4-6,11-12H,2-3,7-10H2,1H3,(H,18,19)(H,20,21). The van der Waals surface area contributed by atoms with Gasteiger partial charge in [0.15, 0.2) is 0 Å². The van der Waals surface area contributed by atoms with Crippen molar-refractivity contribution in [2.75, 3.05) is 6.54 Å². The lowest BCUT2D eigenvalue weighted by Crippen LogP contribution is -2.26. The molecule has 1 amide bonds. The second-order valence-electron chi connectivity index (χ2n) is 5.34. The molecule has 0 aliphatic carbocycles. The highest BCUT2D eigenvalue weighted by molar-refractivity contribution is 5.76. The van der Waals surface area contributed by atoms with Crippen LogP contribution in [0.1, 0.15) is 38.2 Å². The molecule has 4 nitrogen and oxygen atoms in total. The molecule has 1 rings (SSSR count). The van der Waals surface area contributed by atoms with Gasteiger partial charge in [0, 0.05) is 19.4 Å². The first-order valence-corrected chi connectivity index (χ1v) is 7.20. The van der Waals surface area contributed by atoms with E-state index >= 15 is 0 Å². The molecule has 0 aromatic heterocycles. The van der Waals surface area contributed by atoms with Crippen LogP contribution in [0.2, 0.25) is 0 Å². The van der Waals surface area contributed by atoms with Gasteiger partial charge in [0.2, 0.25) is 5.91 Å². The molecule has 0 radical (unpaired) electrons. The molecule has 0 fully saturated rings. The Labute approximate surface area is 124 Å². The minimum absolute atomic E-state index is 0.0470. The van der Waals surface area contributed by atoms with E-state index in [1.165, 1.54) is 12.1 Å². The van der Waals surface area contributed by atoms with Crippen molar-refractivity contribution in [2.45, 2.75) is 39.0 Å². The van der Waals surface area contributed by atoms with Gasteiger partial charge in [-0.1, -0.05) is 19.1 Å². The molecule has 1 aromatic rings. The van der Waals surface area contributed by atoms with Gasteiger partial charge in [0.1, 0.15) is 5.82 Å². The van der Waals surface area contributed by atoms with Gasteiger partial charge in [-0.05, 0) is 42.9 Å². The van der Waals surface area contributed by atoms with E-state index < -0.39 is 5.97 Å². The van der Waals surface area contributed by atoms with Gasteiger partial charge in [-0.25, -0.2) is 4.39 Å². The third-order valence-electron chi connectivity index (χ3n) is 3.15. The summed E-state index contributed by atoms with van der Waals surface area (Å²) in [5, 5.41) is 11.3. The molecule has 1 unspecified atom stereocenters. The van der Waals surface area contributed by atoms with Crippen LogP contribution in [0.4, 0.5) is 4.39 Å². The van der Waals surface area contributed by atoms with E-state index in [9.17, 15) is 14.0 Å². The number of carboxylic acids is 1. The third kappa shape index (κ3) is 8.07. The summed E-state index contributed by atoms with van der Waals surface area (Å²) in [5.74, 6) is -0.993. The molecule has 2 N–H and O–H groups in total. The Morgan fingerprint density at radius 2 is 2.10 bits per heavy atom. The van der Waals surface area contributed by atoms with Crippen molar-refractivity contribution in [3.63, 3.8) is 0 Å². The quantitative estimate of drug-likeness (QED) is 0.688. The highest BCUT2D eigenvalue weighted by Gasteiger charge is 2.10. The largest absolute Gasteiger partial charge is 0.481 e. The summed E-state index contributed by atoms with van der Waals surface area (Å²) in [7, 11) is 0. The number of rotatable bonds is 9. The smallest absolute Gasteiger partial charge is 0.303 e. The number of carbonyl (C=O) groups excluding carboxylic acids is 1. The number of hydrogen-bond acceptors (Lipinski definition) is 2. The van der Waals surface area contributed by atoms with Crippen LogP contribution in [-0.2, 0) is 16.0 Å². The van der Waals surface area contributed by atoms with Crippen LogP contribution in [0.25, 0.3) is 0 Å². The Morgan fingerprint density at radius 1 is 1.33 bits per heavy atom. The Hall–Kier alpha value is -1.91. The molecule has 116 valence electrons. The molecule has 0 aliphatic rings. The van der Waals surface area contributed by atoms with E-state index in [0.717, 1.165) is 5.56 Å². The average Bonchev–Trinajstić information content (AvgIpc) is 2.37. The first-order valence-electron chi connectivity index (χ1n) is 7.20. The molecule has 0 aliphatic heterocycles. The van der Waals surface area contributed by atoms with Crippen molar-refractivity contribution in [2.24, 2.45) is 5.92 Å². The van der Waals surface area contributed by atoms with Crippen LogP contribution in [0.5, 0.6) is 0 Å². The van der Waals surface area contributed by atoms with E-state index in [-0.39, 0.29) is 24.1 Å². The molecule has 1 aromatic carbocycles. The van der Waals surface area contributed by atoms with Crippen LogP contribution in [0.3, 0.4) is 0 Å². The highest BCUT2D eigenvalue weighted by atomic mass is 19.1. The molecule has 1 atom stereocenters. The van der Waals surface area contributed by atoms with Gasteiger partial charge in [0.05, 0.1) is 0 Å². The van der Waals surface area contributed by atoms with Gasteiger partial charge in [0.25, 0.3) is 0 Å². The molecular weight excluding hydrogens is 273 g/mol. The van der Waals surface area contributed by atoms with Gasteiger partial charge in [-0.2, -0.15) is 0 Å². The van der Waals surface area contributed by atoms with Gasteiger partial charge >= 0.3 is 5.97 Å². The van der Waals surface area contributed by atoms with Gasteiger partial charge in [-0.3, -0.25) is 9.59 Å². The number of amides is 1. The van der Waals surface area contributed by atoms with Crippen molar-refractivity contribution in [3.8, 4) is 0 Å². The monoisotopic (exact) mass is 295 g/mol. The number of hydrogen-bond donors (Lipinski definition) is 2. The number of carbonyl (C=O) groups is 2. The molecule has 0 saturated carbocycles. The first-order chi connectivity index (χ1) is 9.97. The number of unbranched alkanes of at least 4 members (excludes halogenated alkanes) is 1. The van der Waals surface area contributed by atoms with Crippen LogP contribution in [0, 0.1) is 11.7 Å². The summed E-state index contributed by atoms with van der Waals surface area (Å²) >= 11 is 0. The van der Waals surface area contributed by atoms with Crippen LogP contribution >= 0.6 is 0 Å². The molecule has 0 spiro atoms. The van der Waals surface area contributed by atoms with Crippen molar-refractivity contribution in [1.29, 1.82) is 0 Å². The van der Waals surface area contributed by atoms with Crippen LogP contribution < -0.4 is 5.32 Å². The summed E-state index contributed by atoms with van der Waals surface area (Å²) < 4.78 is 13.1. The second-order valence-corrected chi connectivity index (χ2v) is 5.34. The summed E-state index contributed by atoms with van der Waals surface area (Å²) in [4.78, 5) is 22.0. The zero-order valence-electron chi connectivity index (χ0n) is 12.3. The molecule has 0 saturated heterocycles. The van der Waals surface area contributed by atoms with E-state index in [1.807, 2.05) is 13.0 Å². The number of aliphatic carboxylic acids is 1. The van der Waals surface area contributed by atoms with Crippen LogP contribution in [-0.4, -0.2) is 23.5 Å². The summed E-state index contributed by atoms with van der Waals surface area (Å²) in [5.41, 5.74) is 0.886. The number of benzene rings is 1. The maximum absolute atomic E-state index is 13.1. The Kier molecular flexibility index (Phi) is 7.43. The Balaban J connectivity index is 2.20. The van der Waals surface area contributed by atoms with E-state index in [1.54, 1.807) is 6.07 Å². The van der Waals surface area contributed by atoms with E-state index in [2.05, 4.69) is 5.32 Å². The summed E-state index contributed by atoms with van der Waals surface area (Å²) in [6, 6.07) is 6.40. The average molecular weight is 295 g/mol. The SMILES string of the molecule is CC(CC(=O)NCCCCC(=O)O)Cc1cccc(F)c1. The second kappa shape index (κ2) is 9.10. The normalized spacial score (nSPS) is 11.9. The van der Waals surface area contributed by atoms with Crippen LogP contribution in [0.15, 0.2) is 24.3 Å². The predicted octanol–water partition coefficient (Wildman–Crippen LogP) is 2.77. The minimum Gasteiger partial charge on any atom is -0.481 e. The number of nitrogens with one attached hydrogen (secondary N) is 1. The maximum atomic E-state index is 13.1. The topological polar surface area (TPSA) is 66.4 Å². The molecular formula is C16H22FNO3. The molecule has 5 heteroatoms. The Morgan fingerprint density at radius 3 is 2.76 bits per heavy atom. The van der Waals surface area contributed by atoms with E-state index in [4.69, 9.17) is 5.11 Å². The van der Waals surface area contributed by atoms with Crippen molar-refractivity contribution >= 4 is 11.9 Å². The number of halogens is 1. The highest BCUT2D eigenvalue weighted by Crippen LogP contribution is 2.13. The maximum Gasteiger partial charge on any atom is 0.303 e. The molecule has 0 heterocycles. The lowest BCUT2D eigenvalue weighted by atomic mass is 9.98. The van der Waals surface area contributed by atoms with Gasteiger partial charge in [-0.15, -0.1) is 0 Å². The van der Waals surface area contributed by atoms with Crippen molar-refractivity contribution in [3.05, 3.63) is 35.6 Å².